The van der Waals surface area contributed by atoms with Crippen molar-refractivity contribution in [3.05, 3.63) is 65.5 Å². The molecule has 0 aliphatic heterocycles. The summed E-state index contributed by atoms with van der Waals surface area (Å²) in [6.07, 6.45) is 0. The molecule has 0 radical (unpaired) electrons. The third-order valence-corrected chi connectivity index (χ3v) is 3.92. The minimum absolute atomic E-state index is 0.293. The Labute approximate surface area is 121 Å². The average Bonchev–Trinajstić information content (AvgIpc) is 2.38. The molecule has 0 fully saturated rings. The van der Waals surface area contributed by atoms with Crippen LogP contribution < -0.4 is 4.72 Å². The van der Waals surface area contributed by atoms with Crippen LogP contribution in [0.4, 0.5) is 10.1 Å². The molecule has 2 aromatic carbocycles. The third-order valence-electron chi connectivity index (χ3n) is 2.68. The van der Waals surface area contributed by atoms with E-state index in [1.165, 1.54) is 0 Å². The van der Waals surface area contributed by atoms with Crippen LogP contribution in [0.15, 0.2) is 48.5 Å². The number of sulfonamides is 1. The van der Waals surface area contributed by atoms with Crippen molar-refractivity contribution >= 4 is 21.7 Å². The van der Waals surface area contributed by atoms with Crippen LogP contribution in [-0.2, 0) is 15.8 Å². The molecule has 0 heterocycles. The number of anilines is 1. The zero-order chi connectivity index (χ0) is 15.5. The van der Waals surface area contributed by atoms with Crippen molar-refractivity contribution in [2.75, 3.05) is 4.72 Å². The molecule has 0 saturated heterocycles. The summed E-state index contributed by atoms with van der Waals surface area (Å²) in [5.74, 6) is -2.39. The quantitative estimate of drug-likeness (QED) is 0.888. The van der Waals surface area contributed by atoms with Crippen LogP contribution >= 0.6 is 0 Å². The molecule has 5 nitrogen and oxygen atoms in total. The second kappa shape index (κ2) is 5.92. The molecule has 2 rings (SSSR count). The SMILES string of the molecule is O=C(O)c1ccc(F)cc1NS(=O)(=O)Cc1ccccc1. The van der Waals surface area contributed by atoms with Gasteiger partial charge in [0.2, 0.25) is 10.0 Å². The number of rotatable bonds is 5. The predicted octanol–water partition coefficient (Wildman–Crippen LogP) is 2.47. The van der Waals surface area contributed by atoms with Gasteiger partial charge in [0.1, 0.15) is 5.82 Å². The van der Waals surface area contributed by atoms with Gasteiger partial charge in [-0.25, -0.2) is 17.6 Å². The Bertz CT molecular complexity index is 760. The molecule has 21 heavy (non-hydrogen) atoms. The van der Waals surface area contributed by atoms with Gasteiger partial charge in [0.05, 0.1) is 17.0 Å². The first kappa shape index (κ1) is 15.0. The summed E-state index contributed by atoms with van der Waals surface area (Å²) in [5, 5.41) is 8.99. The monoisotopic (exact) mass is 309 g/mol. The number of carbonyl (C=O) groups is 1. The molecule has 2 aromatic rings. The van der Waals surface area contributed by atoms with E-state index in [-0.39, 0.29) is 17.0 Å². The van der Waals surface area contributed by atoms with Crippen molar-refractivity contribution in [1.82, 2.24) is 0 Å². The standard InChI is InChI=1S/C14H12FNO4S/c15-11-6-7-12(14(17)18)13(8-11)16-21(19,20)9-10-4-2-1-3-5-10/h1-8,16H,9H2,(H,17,18). The van der Waals surface area contributed by atoms with Crippen LogP contribution in [0.5, 0.6) is 0 Å². The van der Waals surface area contributed by atoms with Gasteiger partial charge in [0.15, 0.2) is 0 Å². The Morgan fingerprint density at radius 3 is 2.43 bits per heavy atom. The fourth-order valence-electron chi connectivity index (χ4n) is 1.78. The zero-order valence-corrected chi connectivity index (χ0v) is 11.6. The van der Waals surface area contributed by atoms with Crippen LogP contribution in [0, 0.1) is 5.82 Å². The summed E-state index contributed by atoms with van der Waals surface area (Å²) in [7, 11) is -3.84. The summed E-state index contributed by atoms with van der Waals surface area (Å²) >= 11 is 0. The number of hydrogen-bond donors (Lipinski definition) is 2. The lowest BCUT2D eigenvalue weighted by molar-refractivity contribution is 0.0698. The lowest BCUT2D eigenvalue weighted by Gasteiger charge is -2.10. The summed E-state index contributed by atoms with van der Waals surface area (Å²) in [6.45, 7) is 0. The van der Waals surface area contributed by atoms with E-state index in [9.17, 15) is 17.6 Å². The molecule has 0 atom stereocenters. The van der Waals surface area contributed by atoms with E-state index in [4.69, 9.17) is 5.11 Å². The number of nitrogens with one attached hydrogen (secondary N) is 1. The lowest BCUT2D eigenvalue weighted by Crippen LogP contribution is -2.17. The van der Waals surface area contributed by atoms with Crippen molar-refractivity contribution in [2.24, 2.45) is 0 Å². The predicted molar refractivity (Wildman–Crippen MR) is 76.0 cm³/mol. The first-order valence-corrected chi connectivity index (χ1v) is 7.60. The van der Waals surface area contributed by atoms with Gasteiger partial charge in [-0.3, -0.25) is 4.72 Å². The van der Waals surface area contributed by atoms with Gasteiger partial charge in [0, 0.05) is 0 Å². The van der Waals surface area contributed by atoms with E-state index < -0.39 is 21.8 Å². The van der Waals surface area contributed by atoms with Crippen molar-refractivity contribution < 1.29 is 22.7 Å². The van der Waals surface area contributed by atoms with E-state index in [1.54, 1.807) is 30.3 Å². The highest BCUT2D eigenvalue weighted by Gasteiger charge is 2.17. The number of benzene rings is 2. The molecule has 0 bridgehead atoms. The molecule has 7 heteroatoms. The highest BCUT2D eigenvalue weighted by Crippen LogP contribution is 2.20. The largest absolute Gasteiger partial charge is 0.478 e. The molecule has 110 valence electrons. The number of hydrogen-bond acceptors (Lipinski definition) is 3. The molecule has 0 unspecified atom stereocenters. The Morgan fingerprint density at radius 2 is 1.81 bits per heavy atom. The third kappa shape index (κ3) is 4.03. The van der Waals surface area contributed by atoms with E-state index in [2.05, 4.69) is 4.72 Å². The summed E-state index contributed by atoms with van der Waals surface area (Å²) < 4.78 is 39.4. The number of halogens is 1. The van der Waals surface area contributed by atoms with Crippen molar-refractivity contribution in [2.45, 2.75) is 5.75 Å². The normalized spacial score (nSPS) is 11.1. The summed E-state index contributed by atoms with van der Waals surface area (Å²) in [6, 6.07) is 11.2. The molecular weight excluding hydrogens is 297 g/mol. The molecule has 0 aromatic heterocycles. The topological polar surface area (TPSA) is 83.5 Å². The average molecular weight is 309 g/mol. The Morgan fingerprint density at radius 1 is 1.14 bits per heavy atom. The first-order chi connectivity index (χ1) is 9.87. The van der Waals surface area contributed by atoms with Crippen LogP contribution in [0.2, 0.25) is 0 Å². The summed E-state index contributed by atoms with van der Waals surface area (Å²) in [4.78, 5) is 11.0. The summed E-state index contributed by atoms with van der Waals surface area (Å²) in [5.41, 5.74) is -0.0651. The fraction of sp³-hybridized carbons (Fsp3) is 0.0714. The molecule has 0 aliphatic rings. The van der Waals surface area contributed by atoms with Crippen LogP contribution in [-0.4, -0.2) is 19.5 Å². The van der Waals surface area contributed by atoms with Crippen LogP contribution in [0.25, 0.3) is 0 Å². The molecule has 0 saturated carbocycles. The maximum atomic E-state index is 13.2. The number of aromatic carboxylic acids is 1. The Balaban J connectivity index is 2.28. The van der Waals surface area contributed by atoms with Crippen molar-refractivity contribution in [1.29, 1.82) is 0 Å². The number of carboxylic acid groups (broad SMARTS) is 1. The Hall–Kier alpha value is -2.41. The second-order valence-electron chi connectivity index (χ2n) is 4.34. The van der Waals surface area contributed by atoms with Gasteiger partial charge in [-0.05, 0) is 23.8 Å². The van der Waals surface area contributed by atoms with Crippen molar-refractivity contribution in [3.63, 3.8) is 0 Å². The highest BCUT2D eigenvalue weighted by atomic mass is 32.2. The zero-order valence-electron chi connectivity index (χ0n) is 10.8. The van der Waals surface area contributed by atoms with Gasteiger partial charge in [-0.1, -0.05) is 30.3 Å². The van der Waals surface area contributed by atoms with E-state index in [1.807, 2.05) is 0 Å². The van der Waals surface area contributed by atoms with Gasteiger partial charge in [-0.2, -0.15) is 0 Å². The smallest absolute Gasteiger partial charge is 0.337 e. The first-order valence-electron chi connectivity index (χ1n) is 5.95. The van der Waals surface area contributed by atoms with Crippen molar-refractivity contribution in [3.8, 4) is 0 Å². The van der Waals surface area contributed by atoms with Gasteiger partial charge in [0.25, 0.3) is 0 Å². The fourth-order valence-corrected chi connectivity index (χ4v) is 2.99. The minimum atomic E-state index is -3.84. The maximum absolute atomic E-state index is 13.2. The van der Waals surface area contributed by atoms with Crippen LogP contribution in [0.1, 0.15) is 15.9 Å². The highest BCUT2D eigenvalue weighted by molar-refractivity contribution is 7.91. The molecule has 0 amide bonds. The van der Waals surface area contributed by atoms with Gasteiger partial charge >= 0.3 is 5.97 Å². The second-order valence-corrected chi connectivity index (χ2v) is 6.06. The van der Waals surface area contributed by atoms with E-state index in [0.717, 1.165) is 18.2 Å². The lowest BCUT2D eigenvalue weighted by atomic mass is 10.2. The molecule has 0 spiro atoms. The molecule has 0 aliphatic carbocycles. The maximum Gasteiger partial charge on any atom is 0.337 e. The van der Waals surface area contributed by atoms with E-state index >= 15 is 0 Å². The number of carboxylic acids is 1. The minimum Gasteiger partial charge on any atom is -0.478 e. The molecule has 2 N–H and O–H groups in total. The van der Waals surface area contributed by atoms with Gasteiger partial charge < -0.3 is 5.11 Å². The Kier molecular flexibility index (Phi) is 4.23. The van der Waals surface area contributed by atoms with E-state index in [0.29, 0.717) is 5.56 Å². The van der Waals surface area contributed by atoms with Gasteiger partial charge in [-0.15, -0.1) is 0 Å². The van der Waals surface area contributed by atoms with Crippen LogP contribution in [0.3, 0.4) is 0 Å². The molecular formula is C14H12FNO4S.